The highest BCUT2D eigenvalue weighted by Crippen LogP contribution is 2.18. The quantitative estimate of drug-likeness (QED) is 0.711. The molecular weight excluding hydrogens is 293 g/mol. The van der Waals surface area contributed by atoms with Crippen molar-refractivity contribution in [3.05, 3.63) is 0 Å². The van der Waals surface area contributed by atoms with Crippen LogP contribution < -0.4 is 5.73 Å². The van der Waals surface area contributed by atoms with E-state index in [1.807, 2.05) is 20.8 Å². The van der Waals surface area contributed by atoms with Crippen molar-refractivity contribution in [3.8, 4) is 0 Å². The Morgan fingerprint density at radius 3 is 1.90 bits per heavy atom. The van der Waals surface area contributed by atoms with Crippen molar-refractivity contribution in [2.45, 2.75) is 45.5 Å². The molecule has 1 aliphatic heterocycles. The Hall–Kier alpha value is -1.51. The van der Waals surface area contributed by atoms with Gasteiger partial charge in [-0.2, -0.15) is 13.2 Å². The second kappa shape index (κ2) is 6.97. The molecule has 0 aromatic carbocycles. The molecule has 9 heteroatoms. The number of aliphatic carboxylic acids is 1. The van der Waals surface area contributed by atoms with Crippen LogP contribution in [0.25, 0.3) is 0 Å². The lowest BCUT2D eigenvalue weighted by molar-refractivity contribution is -0.192. The van der Waals surface area contributed by atoms with Crippen molar-refractivity contribution >= 4 is 12.1 Å². The Kier molecular flexibility index (Phi) is 6.47. The Balaban J connectivity index is 0.000000486. The molecule has 0 bridgehead atoms. The van der Waals surface area contributed by atoms with Crippen LogP contribution in [0.4, 0.5) is 18.0 Å². The summed E-state index contributed by atoms with van der Waals surface area (Å²) in [6.45, 7) is 8.96. The summed E-state index contributed by atoms with van der Waals surface area (Å²) in [5.74, 6) is -2.39. The van der Waals surface area contributed by atoms with Crippen molar-refractivity contribution in [2.75, 3.05) is 13.1 Å². The van der Waals surface area contributed by atoms with E-state index in [1.165, 1.54) is 0 Å². The van der Waals surface area contributed by atoms with Crippen LogP contribution in [0.15, 0.2) is 0 Å². The van der Waals surface area contributed by atoms with Gasteiger partial charge < -0.3 is 20.5 Å². The molecule has 3 N–H and O–H groups in total. The van der Waals surface area contributed by atoms with Crippen LogP contribution in [0.1, 0.15) is 27.7 Å². The highest BCUT2D eigenvalue weighted by Gasteiger charge is 2.38. The summed E-state index contributed by atoms with van der Waals surface area (Å²) in [6.07, 6.45) is -5.34. The summed E-state index contributed by atoms with van der Waals surface area (Å²) >= 11 is 0. The lowest BCUT2D eigenvalue weighted by atomic mass is 10.1. The third-order valence-electron chi connectivity index (χ3n) is 2.56. The van der Waals surface area contributed by atoms with Crippen molar-refractivity contribution in [2.24, 2.45) is 11.7 Å². The molecule has 1 heterocycles. The first kappa shape index (κ1) is 19.5. The number of alkyl halides is 3. The third kappa shape index (κ3) is 7.74. The molecule has 0 radical (unpaired) electrons. The third-order valence-corrected chi connectivity index (χ3v) is 2.56. The van der Waals surface area contributed by atoms with Crippen LogP contribution in [0.2, 0.25) is 0 Å². The second-order valence-corrected chi connectivity index (χ2v) is 5.83. The molecule has 124 valence electrons. The number of carbonyl (C=O) groups excluding carboxylic acids is 1. The van der Waals surface area contributed by atoms with Gasteiger partial charge in [0.2, 0.25) is 0 Å². The molecular formula is C12H21F3N2O4. The van der Waals surface area contributed by atoms with Crippen LogP contribution in [-0.4, -0.2) is 53.0 Å². The minimum absolute atomic E-state index is 0.0857. The molecule has 1 aliphatic rings. The molecule has 0 spiro atoms. The zero-order valence-electron chi connectivity index (χ0n) is 12.4. The van der Waals surface area contributed by atoms with Gasteiger partial charge in [-0.05, 0) is 26.7 Å². The molecule has 0 aromatic heterocycles. The highest BCUT2D eigenvalue weighted by molar-refractivity contribution is 5.73. The number of hydrogen-bond donors (Lipinski definition) is 2. The van der Waals surface area contributed by atoms with Crippen LogP contribution in [0.5, 0.6) is 0 Å². The minimum Gasteiger partial charge on any atom is -0.475 e. The number of ether oxygens (including phenoxy) is 1. The maximum absolute atomic E-state index is 11.6. The number of rotatable bonds is 0. The van der Waals surface area contributed by atoms with E-state index in [2.05, 4.69) is 6.92 Å². The smallest absolute Gasteiger partial charge is 0.475 e. The van der Waals surface area contributed by atoms with Crippen molar-refractivity contribution < 1.29 is 32.6 Å². The maximum Gasteiger partial charge on any atom is 0.490 e. The van der Waals surface area contributed by atoms with Gasteiger partial charge in [0.15, 0.2) is 0 Å². The summed E-state index contributed by atoms with van der Waals surface area (Å²) in [5.41, 5.74) is 5.40. The van der Waals surface area contributed by atoms with Gasteiger partial charge in [-0.3, -0.25) is 0 Å². The van der Waals surface area contributed by atoms with E-state index in [9.17, 15) is 18.0 Å². The number of halogens is 3. The van der Waals surface area contributed by atoms with Crippen molar-refractivity contribution in [3.63, 3.8) is 0 Å². The van der Waals surface area contributed by atoms with Gasteiger partial charge in [-0.25, -0.2) is 9.59 Å². The van der Waals surface area contributed by atoms with E-state index in [4.69, 9.17) is 20.4 Å². The number of hydrogen-bond acceptors (Lipinski definition) is 4. The fourth-order valence-electron chi connectivity index (χ4n) is 1.47. The Labute approximate surface area is 121 Å². The van der Waals surface area contributed by atoms with Crippen LogP contribution >= 0.6 is 0 Å². The number of carboxylic acid groups (broad SMARTS) is 1. The van der Waals surface area contributed by atoms with E-state index >= 15 is 0 Å². The Bertz CT molecular complexity index is 370. The average molecular weight is 314 g/mol. The molecule has 1 rings (SSSR count). The van der Waals surface area contributed by atoms with E-state index in [0.29, 0.717) is 19.0 Å². The monoisotopic (exact) mass is 314 g/mol. The van der Waals surface area contributed by atoms with Crippen molar-refractivity contribution in [1.29, 1.82) is 0 Å². The van der Waals surface area contributed by atoms with Crippen LogP contribution in [0.3, 0.4) is 0 Å². The minimum atomic E-state index is -5.08. The fourth-order valence-corrected chi connectivity index (χ4v) is 1.47. The number of likely N-dealkylation sites (tertiary alicyclic amines) is 1. The van der Waals surface area contributed by atoms with E-state index in [0.717, 1.165) is 0 Å². The van der Waals surface area contributed by atoms with Gasteiger partial charge in [0.25, 0.3) is 0 Å². The zero-order valence-corrected chi connectivity index (χ0v) is 12.4. The van der Waals surface area contributed by atoms with E-state index < -0.39 is 17.7 Å². The zero-order chi connectivity index (χ0) is 17.0. The van der Waals surface area contributed by atoms with Crippen molar-refractivity contribution in [1.82, 2.24) is 4.90 Å². The molecule has 0 unspecified atom stereocenters. The second-order valence-electron chi connectivity index (χ2n) is 5.83. The molecule has 1 amide bonds. The Morgan fingerprint density at radius 2 is 1.67 bits per heavy atom. The lowest BCUT2D eigenvalue weighted by Gasteiger charge is -2.24. The van der Waals surface area contributed by atoms with Gasteiger partial charge in [0.1, 0.15) is 5.60 Å². The maximum atomic E-state index is 11.6. The number of nitrogens with two attached hydrogens (primary N) is 1. The van der Waals surface area contributed by atoms with E-state index in [1.54, 1.807) is 4.90 Å². The largest absolute Gasteiger partial charge is 0.490 e. The summed E-state index contributed by atoms with van der Waals surface area (Å²) in [7, 11) is 0. The molecule has 0 aromatic rings. The summed E-state index contributed by atoms with van der Waals surface area (Å²) in [6, 6.07) is 0.0857. The van der Waals surface area contributed by atoms with Gasteiger partial charge in [0, 0.05) is 19.1 Å². The van der Waals surface area contributed by atoms with Gasteiger partial charge in [0.05, 0.1) is 0 Å². The predicted octanol–water partition coefficient (Wildman–Crippen LogP) is 1.83. The van der Waals surface area contributed by atoms with Gasteiger partial charge >= 0.3 is 18.2 Å². The summed E-state index contributed by atoms with van der Waals surface area (Å²) < 4.78 is 37.0. The standard InChI is InChI=1S/C10H20N2O2.C2HF3O2/c1-7-5-12(6-8(7)11)9(13)14-10(2,3)4;3-2(4,5)1(6)7/h7-8H,5-6,11H2,1-4H3;(H,6,7)/t7-,8+;/m1./s1. The molecule has 2 atom stereocenters. The SMILES string of the molecule is C[C@@H]1CN(C(=O)OC(C)(C)C)C[C@@H]1N.O=C(O)C(F)(F)F. The first-order valence-electron chi connectivity index (χ1n) is 6.27. The number of carbonyl (C=O) groups is 2. The van der Waals surface area contributed by atoms with Gasteiger partial charge in [-0.15, -0.1) is 0 Å². The highest BCUT2D eigenvalue weighted by atomic mass is 19.4. The topological polar surface area (TPSA) is 92.9 Å². The average Bonchev–Trinajstić information content (AvgIpc) is 2.56. The summed E-state index contributed by atoms with van der Waals surface area (Å²) in [5, 5.41) is 7.12. The Morgan fingerprint density at radius 1 is 1.24 bits per heavy atom. The lowest BCUT2D eigenvalue weighted by Crippen LogP contribution is -2.36. The molecule has 21 heavy (non-hydrogen) atoms. The molecule has 6 nitrogen and oxygen atoms in total. The molecule has 0 aliphatic carbocycles. The fraction of sp³-hybridized carbons (Fsp3) is 0.833. The predicted molar refractivity (Wildman–Crippen MR) is 68.6 cm³/mol. The number of amides is 1. The van der Waals surface area contributed by atoms with Crippen LogP contribution in [0, 0.1) is 5.92 Å². The number of carboxylic acids is 1. The first-order chi connectivity index (χ1) is 9.24. The molecule has 1 saturated heterocycles. The molecule has 0 saturated carbocycles. The first-order valence-corrected chi connectivity index (χ1v) is 6.27. The normalized spacial score (nSPS) is 22.4. The number of nitrogens with zero attached hydrogens (tertiary/aromatic N) is 1. The van der Waals surface area contributed by atoms with E-state index in [-0.39, 0.29) is 12.1 Å². The molecule has 1 fully saturated rings. The summed E-state index contributed by atoms with van der Waals surface area (Å²) in [4.78, 5) is 22.2. The van der Waals surface area contributed by atoms with Crippen LogP contribution in [-0.2, 0) is 9.53 Å². The van der Waals surface area contributed by atoms with Gasteiger partial charge in [-0.1, -0.05) is 6.92 Å².